The number of allylic oxidation sites excluding steroid dienone is 2. The minimum atomic E-state index is -1.44. The van der Waals surface area contributed by atoms with Crippen LogP contribution < -0.4 is 0 Å². The number of rotatable bonds is 4. The molecule has 0 radical (unpaired) electrons. The maximum absolute atomic E-state index is 2.89. The summed E-state index contributed by atoms with van der Waals surface area (Å²) in [4.78, 5) is 0. The van der Waals surface area contributed by atoms with Gasteiger partial charge < -0.3 is 0 Å². The fourth-order valence-electron chi connectivity index (χ4n) is 53.2. The molecule has 113 heavy (non-hydrogen) atoms. The van der Waals surface area contributed by atoms with E-state index in [1.807, 2.05) is 0 Å². The molecule has 56 bridgehead atoms. The monoisotopic (exact) mass is 1540 g/mol. The average Bonchev–Trinajstić information content (AvgIpc) is 0.659. The Balaban J connectivity index is 0.0000000719. The fourth-order valence-corrected chi connectivity index (χ4v) is 54.9. The van der Waals surface area contributed by atoms with Crippen LogP contribution in [-0.2, 0) is 0 Å². The Bertz CT molecular complexity index is 3560. The summed E-state index contributed by atoms with van der Waals surface area (Å²) in [6, 6.07) is 0. The summed E-state index contributed by atoms with van der Waals surface area (Å²) in [6.45, 7) is 26.5. The Kier molecular flexibility index (Phi) is 13.6. The smallest absolute Gasteiger partial charge is 0.0942 e. The molecule has 49 aliphatic rings. The van der Waals surface area contributed by atoms with Crippen molar-refractivity contribution in [1.82, 2.24) is 0 Å². The van der Waals surface area contributed by atoms with Gasteiger partial charge in [-0.1, -0.05) is 92.0 Å². The van der Waals surface area contributed by atoms with Gasteiger partial charge in [0.25, 0.3) is 0 Å². The van der Waals surface area contributed by atoms with Crippen molar-refractivity contribution in [2.45, 2.75) is 338 Å². The lowest BCUT2D eigenvalue weighted by molar-refractivity contribution is -0.286. The Morgan fingerprint density at radius 2 is 0.345 bits per heavy atom. The molecule has 49 saturated carbocycles. The lowest BCUT2D eigenvalue weighted by atomic mass is 9.27. The Labute approximate surface area is 691 Å². The quantitative estimate of drug-likeness (QED) is 0.246. The average molecular weight is 1540 g/mol. The van der Waals surface area contributed by atoms with Crippen LogP contribution in [0, 0.1) is 326 Å². The van der Waals surface area contributed by atoms with E-state index in [2.05, 4.69) is 92.0 Å². The normalized spacial score (nSPS) is 71.1. The highest BCUT2D eigenvalue weighted by Gasteiger charge is 2.77. The second-order valence-corrected chi connectivity index (χ2v) is 63.7. The minimum Gasteiger partial charge on any atom is -0.0942 e. The zero-order chi connectivity index (χ0) is 74.6. The molecule has 0 amide bonds. The third-order valence-electron chi connectivity index (χ3n) is 54.4. The molecule has 12 atom stereocenters. The van der Waals surface area contributed by atoms with Crippen molar-refractivity contribution >= 4 is 8.07 Å². The van der Waals surface area contributed by atoms with Gasteiger partial charge in [-0.05, 0) is 596 Å². The summed E-state index contributed by atoms with van der Waals surface area (Å²) in [5.41, 5.74) is 13.3. The summed E-state index contributed by atoms with van der Waals surface area (Å²) in [5, 5.41) is 0. The van der Waals surface area contributed by atoms with E-state index in [0.29, 0.717) is 10.8 Å². The molecule has 49 aliphatic carbocycles. The summed E-state index contributed by atoms with van der Waals surface area (Å²) in [6.07, 6.45) is 73.7. The molecule has 49 fully saturated rings. The van der Waals surface area contributed by atoms with Crippen molar-refractivity contribution in [2.75, 3.05) is 0 Å². The molecular weight excluding hydrogens is 1370 g/mol. The van der Waals surface area contributed by atoms with Crippen LogP contribution in [0.5, 0.6) is 0 Å². The predicted molar refractivity (Wildman–Crippen MR) is 460 cm³/mol. The largest absolute Gasteiger partial charge is 0.0948 e. The molecule has 0 heterocycles. The SMILES string of the molecule is CC12CC3C4CC5(C)CC3C(C1)C(C5)C4C2.CC12CC3C4CC5CC3C(C1)C(C)(C5)C4C2.CC12CC3C4CC5CC3C(C1)C(C5)C4C2.CC12CC3CC4C1CC1CC2C(C3)C4(C)C1.CC12CC3CC4C5CC(CC41)CC2C5C3.C[Si](C)(/C=C/C12CC3C4CC5CC3C(C1)C(C5)C4C2)/C=C/C12CC3C4CC5CC3C(C1)C(C5)C4C2. The van der Waals surface area contributed by atoms with Crippen LogP contribution in [0.1, 0.15) is 325 Å². The van der Waals surface area contributed by atoms with Crippen LogP contribution >= 0.6 is 0 Å². The molecule has 0 spiro atoms. The van der Waals surface area contributed by atoms with E-state index in [9.17, 15) is 0 Å². The summed E-state index contributed by atoms with van der Waals surface area (Å²) >= 11 is 0. The highest BCUT2D eigenvalue weighted by atomic mass is 28.3. The van der Waals surface area contributed by atoms with E-state index < -0.39 is 8.07 Å². The van der Waals surface area contributed by atoms with Crippen molar-refractivity contribution in [3.05, 3.63) is 23.6 Å². The van der Waals surface area contributed by atoms with E-state index in [-0.39, 0.29) is 0 Å². The summed E-state index contributed by atoms with van der Waals surface area (Å²) in [5.74, 6) is 53.5. The topological polar surface area (TPSA) is 0 Å². The molecule has 1 heteroatoms. The first-order valence-corrected chi connectivity index (χ1v) is 56.7. The van der Waals surface area contributed by atoms with Crippen LogP contribution in [0.15, 0.2) is 23.6 Å². The van der Waals surface area contributed by atoms with Gasteiger partial charge in [-0.3, -0.25) is 0 Å². The van der Waals surface area contributed by atoms with Gasteiger partial charge in [-0.25, -0.2) is 0 Å². The van der Waals surface area contributed by atoms with Gasteiger partial charge in [0.2, 0.25) is 0 Å². The predicted octanol–water partition coefficient (Wildman–Crippen LogP) is 28.0. The van der Waals surface area contributed by atoms with Gasteiger partial charge in [-0.15, -0.1) is 0 Å². The first kappa shape index (κ1) is 70.0. The third kappa shape index (κ3) is 8.94. The van der Waals surface area contributed by atoms with E-state index in [0.717, 1.165) is 185 Å². The highest BCUT2D eigenvalue weighted by Crippen LogP contribution is 2.85. The van der Waals surface area contributed by atoms with E-state index in [1.54, 1.807) is 270 Å². The van der Waals surface area contributed by atoms with Gasteiger partial charge in [0.15, 0.2) is 0 Å². The van der Waals surface area contributed by atoms with Gasteiger partial charge >= 0.3 is 0 Å². The standard InChI is InChI=1S/C34H48Si.3C16H24.2C15H22/c1-35(2,5-3-33-13-27-21-7-19-8-22(27)29(15-33)23(9-19)28(21)14-33)6-4-34-16-30-24-10-20-11-25(30)32(18-34)26(12-20)31(24)17-34;1-15-7-9-5-13-11(15)3-10-4-12(15)14(6-9)16(13,2)8-10;1-15-3-9-12-6-16(2)7-13(9)11(5-15)14(8-16)10(12)4-15;1-15-6-12-10-3-9-4-11(12)14(8-15)16(2,5-9)13(10)7-15;1-15-7-9-3-11-10-2-8(5-13(11)15)6-14(15)12(10)4-9;1-15-5-12-9-2-8-3-10(12)14(7-15)11(4-8)13(9)6-15/h3-6,19-32H,7-18H2,1-2H3;3*9-14H,3-8H2,1-2H3;2*8-14H,2-7H2,1H3/b5-3+,6-4+;;;;;. The van der Waals surface area contributed by atoms with E-state index in [4.69, 9.17) is 0 Å². The molecule has 0 N–H and O–H groups in total. The number of hydrogen-bond donors (Lipinski definition) is 0. The molecular formula is C112H164Si. The second kappa shape index (κ2) is 22.0. The molecule has 12 unspecified atom stereocenters. The van der Waals surface area contributed by atoms with Crippen molar-refractivity contribution in [3.63, 3.8) is 0 Å². The summed E-state index contributed by atoms with van der Waals surface area (Å²) < 4.78 is 0. The van der Waals surface area contributed by atoms with Gasteiger partial charge in [-0.2, -0.15) is 0 Å². The Morgan fingerprint density at radius 3 is 0.628 bits per heavy atom. The molecule has 0 nitrogen and oxygen atoms in total. The second-order valence-electron chi connectivity index (χ2n) is 59.4. The lowest BCUT2D eigenvalue weighted by Gasteiger charge is -2.77. The first-order chi connectivity index (χ1) is 54.1. The zero-order valence-electron chi connectivity index (χ0n) is 74.1. The maximum atomic E-state index is 2.89. The Hall–Kier alpha value is -0.303. The minimum absolute atomic E-state index is 0.616. The first-order valence-electron chi connectivity index (χ1n) is 53.6. The van der Waals surface area contributed by atoms with Crippen molar-refractivity contribution in [1.29, 1.82) is 0 Å². The van der Waals surface area contributed by atoms with Crippen molar-refractivity contribution < 1.29 is 0 Å². The molecule has 616 valence electrons. The van der Waals surface area contributed by atoms with E-state index in [1.165, 1.54) is 130 Å². The molecule has 0 aromatic carbocycles. The highest BCUT2D eigenvalue weighted by molar-refractivity contribution is 6.86. The van der Waals surface area contributed by atoms with Crippen molar-refractivity contribution in [3.8, 4) is 0 Å². The van der Waals surface area contributed by atoms with Crippen LogP contribution in [0.25, 0.3) is 0 Å². The Morgan fingerprint density at radius 1 is 0.168 bits per heavy atom. The van der Waals surface area contributed by atoms with Crippen LogP contribution in [0.4, 0.5) is 0 Å². The molecule has 0 aliphatic heterocycles. The van der Waals surface area contributed by atoms with Crippen LogP contribution in [-0.4, -0.2) is 8.07 Å². The van der Waals surface area contributed by atoms with E-state index >= 15 is 0 Å². The molecule has 49 rings (SSSR count). The van der Waals surface area contributed by atoms with Crippen LogP contribution in [0.2, 0.25) is 13.1 Å². The number of hydrogen-bond acceptors (Lipinski definition) is 0. The fraction of sp³-hybridized carbons (Fsp3) is 0.964. The molecule has 0 aromatic rings. The summed E-state index contributed by atoms with van der Waals surface area (Å²) in [7, 11) is -1.44. The molecule has 0 aromatic heterocycles. The van der Waals surface area contributed by atoms with Gasteiger partial charge in [0.1, 0.15) is 0 Å². The maximum Gasteiger partial charge on any atom is 0.0948 e. The van der Waals surface area contributed by atoms with Gasteiger partial charge in [0.05, 0.1) is 8.07 Å². The van der Waals surface area contributed by atoms with Crippen molar-refractivity contribution in [2.24, 2.45) is 326 Å². The zero-order valence-corrected chi connectivity index (χ0v) is 75.1. The lowest BCUT2D eigenvalue weighted by Crippen LogP contribution is -2.70. The third-order valence-corrected chi connectivity index (χ3v) is 56.5. The van der Waals surface area contributed by atoms with Gasteiger partial charge in [0, 0.05) is 0 Å². The van der Waals surface area contributed by atoms with Crippen LogP contribution in [0.3, 0.4) is 0 Å². The molecule has 0 saturated heterocycles.